The Labute approximate surface area is 163 Å². The molecule has 3 aliphatic heterocycles. The van der Waals surface area contributed by atoms with Gasteiger partial charge in [0.2, 0.25) is 0 Å². The molecule has 4 atom stereocenters. The lowest BCUT2D eigenvalue weighted by atomic mass is 9.82. The second kappa shape index (κ2) is 7.47. The lowest BCUT2D eigenvalue weighted by Crippen LogP contribution is -2.61. The van der Waals surface area contributed by atoms with E-state index in [4.69, 9.17) is 14.2 Å². The van der Waals surface area contributed by atoms with Crippen LogP contribution in [0.4, 0.5) is 0 Å². The van der Waals surface area contributed by atoms with Crippen molar-refractivity contribution < 1.29 is 19.0 Å². The van der Waals surface area contributed by atoms with Crippen LogP contribution in [0.3, 0.4) is 0 Å². The van der Waals surface area contributed by atoms with Crippen molar-refractivity contribution in [3.8, 4) is 0 Å². The summed E-state index contributed by atoms with van der Waals surface area (Å²) in [4.78, 5) is 12.9. The van der Waals surface area contributed by atoms with E-state index in [0.29, 0.717) is 19.6 Å². The molecule has 0 amide bonds. The van der Waals surface area contributed by atoms with Gasteiger partial charge in [0.05, 0.1) is 11.2 Å². The second-order valence-electron chi connectivity index (χ2n) is 7.63. The van der Waals surface area contributed by atoms with E-state index in [2.05, 4.69) is 12.1 Å². The highest BCUT2D eigenvalue weighted by Crippen LogP contribution is 2.56. The number of Topliss-reactive ketones (excluding diaryl/α,β-unsaturated/α-hetero) is 1. The van der Waals surface area contributed by atoms with E-state index in [1.165, 1.54) is 5.56 Å². The molecular formula is C20H26O4S2. The van der Waals surface area contributed by atoms with E-state index < -0.39 is 11.4 Å². The van der Waals surface area contributed by atoms with Gasteiger partial charge in [-0.1, -0.05) is 30.3 Å². The fourth-order valence-corrected chi connectivity index (χ4v) is 7.45. The molecule has 0 aliphatic carbocycles. The summed E-state index contributed by atoms with van der Waals surface area (Å²) >= 11 is 3.72. The number of hydrogen-bond acceptors (Lipinski definition) is 6. The van der Waals surface area contributed by atoms with Crippen LogP contribution in [0.15, 0.2) is 30.3 Å². The molecule has 0 N–H and O–H groups in total. The van der Waals surface area contributed by atoms with Crippen LogP contribution < -0.4 is 0 Å². The van der Waals surface area contributed by atoms with Crippen molar-refractivity contribution in [2.45, 2.75) is 55.4 Å². The number of benzene rings is 1. The van der Waals surface area contributed by atoms with Gasteiger partial charge in [0.25, 0.3) is 0 Å². The maximum absolute atomic E-state index is 12.9. The fraction of sp³-hybridized carbons (Fsp3) is 0.650. The minimum atomic E-state index is -0.778. The Bertz CT molecular complexity index is 650. The molecule has 4 rings (SSSR count). The molecule has 1 aromatic rings. The smallest absolute Gasteiger partial charge is 0.177 e. The predicted octanol–water partition coefficient (Wildman–Crippen LogP) is 3.88. The van der Waals surface area contributed by atoms with Crippen LogP contribution in [0.1, 0.15) is 32.3 Å². The summed E-state index contributed by atoms with van der Waals surface area (Å²) in [7, 11) is 0. The van der Waals surface area contributed by atoms with Crippen molar-refractivity contribution in [1.29, 1.82) is 0 Å². The Balaban J connectivity index is 1.42. The Kier molecular flexibility index (Phi) is 5.41. The first-order valence-electron chi connectivity index (χ1n) is 9.27. The molecule has 0 bridgehead atoms. The Morgan fingerprint density at radius 3 is 2.85 bits per heavy atom. The van der Waals surface area contributed by atoms with Gasteiger partial charge in [0.15, 0.2) is 17.2 Å². The second-order valence-corrected chi connectivity index (χ2v) is 10.3. The molecule has 26 heavy (non-hydrogen) atoms. The van der Waals surface area contributed by atoms with Gasteiger partial charge in [-0.05, 0) is 31.7 Å². The number of ether oxygens (including phenoxy) is 3. The molecule has 0 radical (unpaired) electrons. The van der Waals surface area contributed by atoms with Crippen molar-refractivity contribution in [3.05, 3.63) is 35.9 Å². The Hall–Kier alpha value is -0.530. The number of hydrogen-bond donors (Lipinski definition) is 0. The molecule has 6 heteroatoms. The average Bonchev–Trinajstić information content (AvgIpc) is 2.92. The minimum Gasteiger partial charge on any atom is -0.377 e. The van der Waals surface area contributed by atoms with Crippen molar-refractivity contribution >= 4 is 29.3 Å². The van der Waals surface area contributed by atoms with Gasteiger partial charge >= 0.3 is 0 Å². The van der Waals surface area contributed by atoms with Crippen LogP contribution in [-0.4, -0.2) is 46.0 Å². The van der Waals surface area contributed by atoms with Gasteiger partial charge < -0.3 is 14.2 Å². The van der Waals surface area contributed by atoms with Crippen molar-refractivity contribution in [3.63, 3.8) is 0 Å². The van der Waals surface area contributed by atoms with E-state index in [9.17, 15) is 4.79 Å². The van der Waals surface area contributed by atoms with Crippen molar-refractivity contribution in [2.24, 2.45) is 5.92 Å². The van der Waals surface area contributed by atoms with Gasteiger partial charge in [-0.2, -0.15) is 0 Å². The fourth-order valence-electron chi connectivity index (χ4n) is 4.14. The van der Waals surface area contributed by atoms with Gasteiger partial charge in [0, 0.05) is 24.5 Å². The highest BCUT2D eigenvalue weighted by atomic mass is 32.2. The number of carbonyl (C=O) groups excluding carboxylic acids is 1. The maximum Gasteiger partial charge on any atom is 0.177 e. The van der Waals surface area contributed by atoms with Crippen LogP contribution >= 0.6 is 23.5 Å². The molecular weight excluding hydrogens is 368 g/mol. The molecule has 3 aliphatic rings. The zero-order valence-corrected chi connectivity index (χ0v) is 16.9. The average molecular weight is 395 g/mol. The molecule has 0 aromatic heterocycles. The van der Waals surface area contributed by atoms with Gasteiger partial charge in [-0.3, -0.25) is 4.79 Å². The topological polar surface area (TPSA) is 44.8 Å². The molecule has 0 unspecified atom stereocenters. The molecule has 1 spiro atoms. The van der Waals surface area contributed by atoms with Crippen molar-refractivity contribution in [2.75, 3.05) is 18.1 Å². The standard InChI is InChI=1S/C20H26O4S2/c1-19(2)23-17-15(8-10-22-12-14-6-4-3-5-7-14)13-26-18-20(17,24-19)16(21)9-11-25-18/h3-7,15,17-18H,8-13H2,1-2H3/t15-,17-,18-,20-/m1/s1. The zero-order valence-electron chi connectivity index (χ0n) is 15.3. The molecule has 4 nitrogen and oxygen atoms in total. The summed E-state index contributed by atoms with van der Waals surface area (Å²) < 4.78 is 18.6. The third-order valence-corrected chi connectivity index (χ3v) is 8.45. The maximum atomic E-state index is 12.9. The lowest BCUT2D eigenvalue weighted by Gasteiger charge is -2.47. The van der Waals surface area contributed by atoms with E-state index >= 15 is 0 Å². The first-order valence-corrected chi connectivity index (χ1v) is 11.4. The monoisotopic (exact) mass is 394 g/mol. The van der Waals surface area contributed by atoms with Gasteiger partial charge in [-0.15, -0.1) is 23.5 Å². The van der Waals surface area contributed by atoms with E-state index in [1.54, 1.807) is 0 Å². The van der Waals surface area contributed by atoms with E-state index in [1.807, 2.05) is 55.6 Å². The number of rotatable bonds is 5. The van der Waals surface area contributed by atoms with Crippen LogP contribution in [-0.2, 0) is 25.6 Å². The summed E-state index contributed by atoms with van der Waals surface area (Å²) in [6.07, 6.45) is 1.30. The number of thioether (sulfide) groups is 2. The van der Waals surface area contributed by atoms with Crippen LogP contribution in [0.25, 0.3) is 0 Å². The SMILES string of the molecule is CC1(C)O[C@@H]2[C@H](CCOCc3ccccc3)CS[C@H]3SCCC(=O)[C@]32O1. The van der Waals surface area contributed by atoms with Gasteiger partial charge in [0.1, 0.15) is 6.10 Å². The molecule has 3 fully saturated rings. The van der Waals surface area contributed by atoms with Crippen LogP contribution in [0, 0.1) is 5.92 Å². The highest BCUT2D eigenvalue weighted by molar-refractivity contribution is 8.17. The van der Waals surface area contributed by atoms with Crippen molar-refractivity contribution in [1.82, 2.24) is 0 Å². The van der Waals surface area contributed by atoms with E-state index in [0.717, 1.165) is 17.9 Å². The molecule has 3 heterocycles. The quantitative estimate of drug-likeness (QED) is 0.706. The largest absolute Gasteiger partial charge is 0.377 e. The highest BCUT2D eigenvalue weighted by Gasteiger charge is 2.66. The van der Waals surface area contributed by atoms with E-state index in [-0.39, 0.29) is 22.4 Å². The number of carbonyl (C=O) groups is 1. The normalized spacial score (nSPS) is 35.8. The summed E-state index contributed by atoms with van der Waals surface area (Å²) in [5, 5.41) is 0. The molecule has 1 aromatic carbocycles. The van der Waals surface area contributed by atoms with Crippen LogP contribution in [0.5, 0.6) is 0 Å². The first-order chi connectivity index (χ1) is 12.5. The number of ketones is 1. The Morgan fingerprint density at radius 2 is 2.04 bits per heavy atom. The third-order valence-electron chi connectivity index (χ3n) is 5.27. The summed E-state index contributed by atoms with van der Waals surface area (Å²) in [5.41, 5.74) is 0.405. The summed E-state index contributed by atoms with van der Waals surface area (Å²) in [6, 6.07) is 10.2. The molecule has 142 valence electrons. The Morgan fingerprint density at radius 1 is 1.23 bits per heavy atom. The minimum absolute atomic E-state index is 0.150. The predicted molar refractivity (Wildman–Crippen MR) is 105 cm³/mol. The van der Waals surface area contributed by atoms with Crippen LogP contribution in [0.2, 0.25) is 0 Å². The summed E-state index contributed by atoms with van der Waals surface area (Å²) in [6.45, 7) is 5.15. The summed E-state index contributed by atoms with van der Waals surface area (Å²) in [5.74, 6) is 1.67. The lowest BCUT2D eigenvalue weighted by molar-refractivity contribution is -0.170. The molecule has 3 saturated heterocycles. The first kappa shape index (κ1) is 18.8. The van der Waals surface area contributed by atoms with Gasteiger partial charge in [-0.25, -0.2) is 0 Å². The third kappa shape index (κ3) is 3.47. The zero-order chi connectivity index (χ0) is 18.2. The molecule has 0 saturated carbocycles.